The lowest BCUT2D eigenvalue weighted by atomic mass is 9.92. The third kappa shape index (κ3) is 2.34. The summed E-state index contributed by atoms with van der Waals surface area (Å²) in [5.74, 6) is -3.57. The molecule has 1 atom stereocenters. The molecule has 1 aromatic carbocycles. The Labute approximate surface area is 123 Å². The summed E-state index contributed by atoms with van der Waals surface area (Å²) in [5.41, 5.74) is -3.10. The van der Waals surface area contributed by atoms with Gasteiger partial charge in [-0.1, -0.05) is 12.1 Å². The highest BCUT2D eigenvalue weighted by atomic mass is 19.4. The molecule has 2 amide bonds. The number of hydrogen-bond acceptors (Lipinski definition) is 3. The van der Waals surface area contributed by atoms with Gasteiger partial charge >= 0.3 is 12.1 Å². The number of nitrogens with zero attached hydrogens (tertiary/aromatic N) is 1. The third-order valence-electron chi connectivity index (χ3n) is 3.72. The number of halogens is 3. The minimum absolute atomic E-state index is 0.113. The van der Waals surface area contributed by atoms with Gasteiger partial charge in [0.25, 0.3) is 11.8 Å². The molecule has 1 aromatic rings. The second-order valence-electron chi connectivity index (χ2n) is 5.16. The largest absolute Gasteiger partial charge is 0.481 e. The monoisotopic (exact) mass is 315 g/mol. The molecule has 0 spiro atoms. The van der Waals surface area contributed by atoms with Crippen LogP contribution in [-0.2, 0) is 4.79 Å². The zero-order chi connectivity index (χ0) is 16.7. The number of fused-ring (bicyclic) bond motifs is 1. The van der Waals surface area contributed by atoms with Crippen molar-refractivity contribution in [1.29, 1.82) is 0 Å². The van der Waals surface area contributed by atoms with Gasteiger partial charge in [-0.05, 0) is 25.5 Å². The Morgan fingerprint density at radius 2 is 1.59 bits per heavy atom. The smallest absolute Gasteiger partial charge is 0.411 e. The lowest BCUT2D eigenvalue weighted by Gasteiger charge is -2.38. The van der Waals surface area contributed by atoms with Crippen LogP contribution in [0.5, 0.6) is 0 Å². The third-order valence-corrected chi connectivity index (χ3v) is 3.72. The van der Waals surface area contributed by atoms with E-state index in [0.29, 0.717) is 6.92 Å². The van der Waals surface area contributed by atoms with Gasteiger partial charge in [0.05, 0.1) is 11.1 Å². The summed E-state index contributed by atoms with van der Waals surface area (Å²) < 4.78 is 40.3. The predicted molar refractivity (Wildman–Crippen MR) is 68.3 cm³/mol. The molecule has 118 valence electrons. The van der Waals surface area contributed by atoms with E-state index < -0.39 is 42.3 Å². The fraction of sp³-hybridized carbons (Fsp3) is 0.357. The van der Waals surface area contributed by atoms with Crippen LogP contribution in [0.1, 0.15) is 40.5 Å². The SMILES string of the molecule is CC(CCC(=O)O)(N1C(=O)c2ccccc2C1=O)C(F)(F)F. The van der Waals surface area contributed by atoms with Gasteiger partial charge in [0.2, 0.25) is 0 Å². The molecule has 1 aliphatic heterocycles. The highest BCUT2D eigenvalue weighted by Crippen LogP contribution is 2.42. The van der Waals surface area contributed by atoms with Crippen LogP contribution < -0.4 is 0 Å². The van der Waals surface area contributed by atoms with Gasteiger partial charge in [0.1, 0.15) is 5.54 Å². The van der Waals surface area contributed by atoms with Gasteiger partial charge in [-0.2, -0.15) is 13.2 Å². The minimum atomic E-state index is -4.95. The Balaban J connectivity index is 2.48. The van der Waals surface area contributed by atoms with Crippen molar-refractivity contribution < 1.29 is 32.7 Å². The number of hydrogen-bond donors (Lipinski definition) is 1. The van der Waals surface area contributed by atoms with Crippen molar-refractivity contribution in [2.24, 2.45) is 0 Å². The first kappa shape index (κ1) is 16.0. The number of alkyl halides is 3. The van der Waals surface area contributed by atoms with E-state index in [1.807, 2.05) is 0 Å². The van der Waals surface area contributed by atoms with E-state index in [2.05, 4.69) is 0 Å². The standard InChI is InChI=1S/C14H12F3NO4/c1-13(14(15,16)17,7-6-10(19)20)18-11(21)8-4-2-3-5-9(8)12(18)22/h2-5H,6-7H2,1H3,(H,19,20). The molecular formula is C14H12F3NO4. The van der Waals surface area contributed by atoms with E-state index >= 15 is 0 Å². The first-order chi connectivity index (χ1) is 10.1. The van der Waals surface area contributed by atoms with E-state index in [1.54, 1.807) is 0 Å². The first-order valence-electron chi connectivity index (χ1n) is 6.36. The number of aliphatic carboxylic acids is 1. The van der Waals surface area contributed by atoms with E-state index in [1.165, 1.54) is 24.3 Å². The Bertz CT molecular complexity index is 621. The molecule has 0 aromatic heterocycles. The molecule has 0 bridgehead atoms. The van der Waals surface area contributed by atoms with Crippen LogP contribution in [0.3, 0.4) is 0 Å². The lowest BCUT2D eigenvalue weighted by Crippen LogP contribution is -2.59. The van der Waals surface area contributed by atoms with Crippen molar-refractivity contribution in [3.05, 3.63) is 35.4 Å². The van der Waals surface area contributed by atoms with Crippen LogP contribution in [0.15, 0.2) is 24.3 Å². The Kier molecular flexibility index (Phi) is 3.72. The highest BCUT2D eigenvalue weighted by molar-refractivity contribution is 6.21. The van der Waals surface area contributed by atoms with Gasteiger partial charge in [-0.25, -0.2) is 0 Å². The molecule has 0 saturated carbocycles. The summed E-state index contributed by atoms with van der Waals surface area (Å²) in [6.07, 6.45) is -6.67. The summed E-state index contributed by atoms with van der Waals surface area (Å²) in [5, 5.41) is 8.63. The minimum Gasteiger partial charge on any atom is -0.481 e. The second kappa shape index (κ2) is 5.11. The van der Waals surface area contributed by atoms with Crippen molar-refractivity contribution in [2.45, 2.75) is 31.5 Å². The molecule has 8 heteroatoms. The maximum absolute atomic E-state index is 13.4. The van der Waals surface area contributed by atoms with Crippen LogP contribution in [0.4, 0.5) is 13.2 Å². The molecule has 22 heavy (non-hydrogen) atoms. The van der Waals surface area contributed by atoms with Crippen LogP contribution >= 0.6 is 0 Å². The maximum Gasteiger partial charge on any atom is 0.411 e. The Morgan fingerprint density at radius 3 is 1.95 bits per heavy atom. The fourth-order valence-corrected chi connectivity index (χ4v) is 2.37. The quantitative estimate of drug-likeness (QED) is 0.866. The number of imide groups is 1. The molecule has 0 saturated heterocycles. The number of carboxylic acid groups (broad SMARTS) is 1. The van der Waals surface area contributed by atoms with Crippen molar-refractivity contribution in [1.82, 2.24) is 4.90 Å². The first-order valence-corrected chi connectivity index (χ1v) is 6.36. The molecule has 0 fully saturated rings. The van der Waals surface area contributed by atoms with Gasteiger partial charge < -0.3 is 5.11 Å². The highest BCUT2D eigenvalue weighted by Gasteiger charge is 2.60. The van der Waals surface area contributed by atoms with Crippen molar-refractivity contribution in [3.8, 4) is 0 Å². The number of carbonyl (C=O) groups excluding carboxylic acids is 2. The average molecular weight is 315 g/mol. The summed E-state index contributed by atoms with van der Waals surface area (Å²) in [7, 11) is 0. The van der Waals surface area contributed by atoms with E-state index in [4.69, 9.17) is 5.11 Å². The molecule has 1 unspecified atom stereocenters. The van der Waals surface area contributed by atoms with Gasteiger partial charge in [-0.3, -0.25) is 19.3 Å². The van der Waals surface area contributed by atoms with Gasteiger partial charge in [0, 0.05) is 6.42 Å². The van der Waals surface area contributed by atoms with E-state index in [9.17, 15) is 27.6 Å². The van der Waals surface area contributed by atoms with Crippen molar-refractivity contribution in [3.63, 3.8) is 0 Å². The number of rotatable bonds is 4. The molecule has 5 nitrogen and oxygen atoms in total. The van der Waals surface area contributed by atoms with Crippen molar-refractivity contribution >= 4 is 17.8 Å². The fourth-order valence-electron chi connectivity index (χ4n) is 2.37. The van der Waals surface area contributed by atoms with Crippen LogP contribution in [0, 0.1) is 0 Å². The van der Waals surface area contributed by atoms with Crippen LogP contribution in [-0.4, -0.2) is 39.5 Å². The van der Waals surface area contributed by atoms with Crippen LogP contribution in [0.25, 0.3) is 0 Å². The van der Waals surface area contributed by atoms with Crippen molar-refractivity contribution in [2.75, 3.05) is 0 Å². The second-order valence-corrected chi connectivity index (χ2v) is 5.16. The van der Waals surface area contributed by atoms with E-state index in [-0.39, 0.29) is 16.0 Å². The molecule has 1 N–H and O–H groups in total. The van der Waals surface area contributed by atoms with Crippen LogP contribution in [0.2, 0.25) is 0 Å². The molecule has 0 aliphatic carbocycles. The summed E-state index contributed by atoms with van der Waals surface area (Å²) >= 11 is 0. The molecule has 1 aliphatic rings. The number of amides is 2. The summed E-state index contributed by atoms with van der Waals surface area (Å²) in [4.78, 5) is 35.1. The van der Waals surface area contributed by atoms with Gasteiger partial charge in [0.15, 0.2) is 0 Å². The topological polar surface area (TPSA) is 74.7 Å². The molecule has 2 rings (SSSR count). The number of carbonyl (C=O) groups is 3. The Hall–Kier alpha value is -2.38. The summed E-state index contributed by atoms with van der Waals surface area (Å²) in [6, 6.07) is 5.42. The average Bonchev–Trinajstić information content (AvgIpc) is 2.68. The zero-order valence-corrected chi connectivity index (χ0v) is 11.5. The number of carboxylic acids is 1. The number of benzene rings is 1. The predicted octanol–water partition coefficient (Wildman–Crippen LogP) is 2.47. The van der Waals surface area contributed by atoms with Gasteiger partial charge in [-0.15, -0.1) is 0 Å². The Morgan fingerprint density at radius 1 is 1.14 bits per heavy atom. The maximum atomic E-state index is 13.4. The van der Waals surface area contributed by atoms with E-state index in [0.717, 1.165) is 0 Å². The zero-order valence-electron chi connectivity index (χ0n) is 11.5. The lowest BCUT2D eigenvalue weighted by molar-refractivity contribution is -0.212. The molecule has 1 heterocycles. The molecule has 0 radical (unpaired) electrons. The molecular weight excluding hydrogens is 303 g/mol. The normalized spacial score (nSPS) is 17.4. The summed E-state index contributed by atoms with van der Waals surface area (Å²) in [6.45, 7) is 0.664.